The summed E-state index contributed by atoms with van der Waals surface area (Å²) in [5, 5.41) is 4.59. The molecule has 0 aromatic carbocycles. The van der Waals surface area contributed by atoms with Gasteiger partial charge in [0.1, 0.15) is 0 Å². The Morgan fingerprint density at radius 1 is 1.38 bits per heavy atom. The molecule has 0 saturated heterocycles. The van der Waals surface area contributed by atoms with Crippen LogP contribution >= 0.6 is 27.3 Å². The van der Waals surface area contributed by atoms with Crippen molar-refractivity contribution >= 4 is 27.3 Å². The third-order valence-corrected chi connectivity index (χ3v) is 4.43. The summed E-state index contributed by atoms with van der Waals surface area (Å²) in [6.45, 7) is 7.31. The maximum absolute atomic E-state index is 4.59. The van der Waals surface area contributed by atoms with Crippen LogP contribution in [0.2, 0.25) is 0 Å². The first kappa shape index (κ1) is 11.9. The summed E-state index contributed by atoms with van der Waals surface area (Å²) in [6, 6.07) is 4.24. The molecule has 0 spiro atoms. The number of rotatable bonds is 3. The Kier molecular flexibility index (Phi) is 3.50. The van der Waals surface area contributed by atoms with Gasteiger partial charge in [-0.3, -0.25) is 4.68 Å². The van der Waals surface area contributed by atoms with Crippen LogP contribution in [0.15, 0.2) is 15.9 Å². The van der Waals surface area contributed by atoms with Crippen molar-refractivity contribution in [1.82, 2.24) is 9.78 Å². The zero-order valence-corrected chi connectivity index (χ0v) is 12.2. The smallest absolute Gasteiger partial charge is 0.0755 e. The molecule has 0 aliphatic carbocycles. The van der Waals surface area contributed by atoms with Crippen LogP contribution < -0.4 is 0 Å². The van der Waals surface area contributed by atoms with Gasteiger partial charge in [-0.05, 0) is 53.9 Å². The molecule has 0 amide bonds. The summed E-state index contributed by atoms with van der Waals surface area (Å²) < 4.78 is 3.28. The lowest BCUT2D eigenvalue weighted by atomic mass is 10.1. The summed E-state index contributed by atoms with van der Waals surface area (Å²) in [7, 11) is 0. The second kappa shape index (κ2) is 4.72. The molecule has 0 N–H and O–H groups in total. The number of nitrogens with zero attached hydrogens (tertiary/aromatic N) is 2. The molecule has 0 radical (unpaired) electrons. The van der Waals surface area contributed by atoms with Gasteiger partial charge in [0.25, 0.3) is 0 Å². The van der Waals surface area contributed by atoms with Crippen LogP contribution in [0.1, 0.15) is 28.8 Å². The highest BCUT2D eigenvalue weighted by Gasteiger charge is 2.10. The van der Waals surface area contributed by atoms with Crippen molar-refractivity contribution in [3.05, 3.63) is 37.7 Å². The Labute approximate surface area is 108 Å². The van der Waals surface area contributed by atoms with Crippen LogP contribution in [0.3, 0.4) is 0 Å². The van der Waals surface area contributed by atoms with E-state index in [1.807, 2.05) is 0 Å². The molecule has 0 atom stereocenters. The maximum Gasteiger partial charge on any atom is 0.0755 e. The van der Waals surface area contributed by atoms with Crippen molar-refractivity contribution in [3.8, 4) is 0 Å². The minimum Gasteiger partial charge on any atom is -0.264 e. The molecular formula is C12H15BrN2S. The van der Waals surface area contributed by atoms with Crippen LogP contribution in [0.5, 0.6) is 0 Å². The van der Waals surface area contributed by atoms with Crippen LogP contribution in [0.25, 0.3) is 0 Å². The molecule has 2 rings (SSSR count). The highest BCUT2D eigenvalue weighted by atomic mass is 79.9. The summed E-state index contributed by atoms with van der Waals surface area (Å²) in [5.41, 5.74) is 3.84. The monoisotopic (exact) mass is 298 g/mol. The van der Waals surface area contributed by atoms with Crippen LogP contribution in [-0.4, -0.2) is 9.78 Å². The first-order valence-corrected chi connectivity index (χ1v) is 7.00. The molecule has 0 saturated carbocycles. The molecule has 4 heteroatoms. The third-order valence-electron chi connectivity index (χ3n) is 2.82. The van der Waals surface area contributed by atoms with Gasteiger partial charge < -0.3 is 0 Å². The minimum absolute atomic E-state index is 0.878. The van der Waals surface area contributed by atoms with Crippen molar-refractivity contribution in [2.45, 2.75) is 33.7 Å². The van der Waals surface area contributed by atoms with Crippen LogP contribution in [0, 0.1) is 13.8 Å². The Morgan fingerprint density at radius 3 is 2.62 bits per heavy atom. The predicted octanol–water partition coefficient (Wildman–Crippen LogP) is 3.93. The van der Waals surface area contributed by atoms with E-state index in [0.29, 0.717) is 0 Å². The first-order valence-electron chi connectivity index (χ1n) is 5.39. The summed E-state index contributed by atoms with van der Waals surface area (Å²) in [5.74, 6) is 0. The number of aryl methyl sites for hydroxylation is 1. The normalized spacial score (nSPS) is 11.0. The van der Waals surface area contributed by atoms with Crippen LogP contribution in [0.4, 0.5) is 0 Å². The molecule has 2 aromatic heterocycles. The van der Waals surface area contributed by atoms with E-state index in [4.69, 9.17) is 0 Å². The standard InChI is InChI=1S/C12H15BrN2S/c1-4-11-8(2)14-15(9(11)3)7-10-5-6-12(13)16-10/h5-6H,4,7H2,1-3H3. The molecule has 2 nitrogen and oxygen atoms in total. The van der Waals surface area contributed by atoms with Gasteiger partial charge in [-0.1, -0.05) is 6.92 Å². The topological polar surface area (TPSA) is 17.8 Å². The molecular weight excluding hydrogens is 284 g/mol. The number of halogens is 1. The van der Waals surface area contributed by atoms with E-state index in [2.05, 4.69) is 58.6 Å². The Balaban J connectivity index is 2.28. The van der Waals surface area contributed by atoms with Gasteiger partial charge >= 0.3 is 0 Å². The second-order valence-electron chi connectivity index (χ2n) is 3.87. The lowest BCUT2D eigenvalue weighted by Gasteiger charge is -2.02. The van der Waals surface area contributed by atoms with Gasteiger partial charge in [0.05, 0.1) is 16.0 Å². The highest BCUT2D eigenvalue weighted by Crippen LogP contribution is 2.24. The fraction of sp³-hybridized carbons (Fsp3) is 0.417. The third kappa shape index (κ3) is 2.23. The summed E-state index contributed by atoms with van der Waals surface area (Å²) >= 11 is 5.26. The predicted molar refractivity (Wildman–Crippen MR) is 72.2 cm³/mol. The molecule has 86 valence electrons. The Bertz CT molecular complexity index is 499. The Morgan fingerprint density at radius 2 is 2.12 bits per heavy atom. The van der Waals surface area contributed by atoms with Gasteiger partial charge in [0.2, 0.25) is 0 Å². The van der Waals surface area contributed by atoms with E-state index in [1.54, 1.807) is 11.3 Å². The zero-order chi connectivity index (χ0) is 11.7. The lowest BCUT2D eigenvalue weighted by Crippen LogP contribution is -2.02. The number of aromatic nitrogens is 2. The SMILES string of the molecule is CCc1c(C)nn(Cc2ccc(Br)s2)c1C. The molecule has 0 unspecified atom stereocenters. The van der Waals surface area contributed by atoms with Gasteiger partial charge in [0.15, 0.2) is 0 Å². The molecule has 0 aliphatic heterocycles. The average molecular weight is 299 g/mol. The first-order chi connectivity index (χ1) is 7.61. The zero-order valence-electron chi connectivity index (χ0n) is 9.75. The highest BCUT2D eigenvalue weighted by molar-refractivity contribution is 9.11. The summed E-state index contributed by atoms with van der Waals surface area (Å²) in [6.07, 6.45) is 1.06. The van der Waals surface area contributed by atoms with E-state index < -0.39 is 0 Å². The Hall–Kier alpha value is -0.610. The van der Waals surface area contributed by atoms with Gasteiger partial charge in [-0.25, -0.2) is 0 Å². The van der Waals surface area contributed by atoms with E-state index >= 15 is 0 Å². The van der Waals surface area contributed by atoms with Gasteiger partial charge in [-0.2, -0.15) is 5.10 Å². The summed E-state index contributed by atoms with van der Waals surface area (Å²) in [4.78, 5) is 1.33. The van der Waals surface area contributed by atoms with E-state index in [1.165, 1.54) is 19.9 Å². The molecule has 2 heterocycles. The van der Waals surface area contributed by atoms with Crippen molar-refractivity contribution < 1.29 is 0 Å². The van der Waals surface area contributed by atoms with Gasteiger partial charge in [-0.15, -0.1) is 11.3 Å². The number of hydrogen-bond acceptors (Lipinski definition) is 2. The van der Waals surface area contributed by atoms with Crippen LogP contribution in [-0.2, 0) is 13.0 Å². The largest absolute Gasteiger partial charge is 0.264 e. The van der Waals surface area contributed by atoms with E-state index in [0.717, 1.165) is 18.7 Å². The fourth-order valence-electron chi connectivity index (χ4n) is 1.98. The van der Waals surface area contributed by atoms with Crippen molar-refractivity contribution in [2.75, 3.05) is 0 Å². The van der Waals surface area contributed by atoms with Gasteiger partial charge in [0, 0.05) is 10.6 Å². The van der Waals surface area contributed by atoms with Crippen molar-refractivity contribution in [1.29, 1.82) is 0 Å². The maximum atomic E-state index is 4.59. The molecule has 2 aromatic rings. The molecule has 16 heavy (non-hydrogen) atoms. The molecule has 0 aliphatic rings. The van der Waals surface area contributed by atoms with Crippen molar-refractivity contribution in [3.63, 3.8) is 0 Å². The molecule has 0 fully saturated rings. The number of hydrogen-bond donors (Lipinski definition) is 0. The second-order valence-corrected chi connectivity index (χ2v) is 6.41. The fourth-order valence-corrected chi connectivity index (χ4v) is 3.45. The molecule has 0 bridgehead atoms. The number of thiophene rings is 1. The van der Waals surface area contributed by atoms with E-state index in [-0.39, 0.29) is 0 Å². The van der Waals surface area contributed by atoms with E-state index in [9.17, 15) is 0 Å². The average Bonchev–Trinajstić information content (AvgIpc) is 2.74. The van der Waals surface area contributed by atoms with Crippen molar-refractivity contribution in [2.24, 2.45) is 0 Å². The minimum atomic E-state index is 0.878. The lowest BCUT2D eigenvalue weighted by molar-refractivity contribution is 0.665. The quantitative estimate of drug-likeness (QED) is 0.839.